The van der Waals surface area contributed by atoms with Crippen molar-refractivity contribution in [3.63, 3.8) is 0 Å². The number of aliphatic hydroxyl groups excluding tert-OH is 1. The van der Waals surface area contributed by atoms with Gasteiger partial charge in [-0.1, -0.05) is 30.3 Å². The number of fused-ring (bicyclic) bond motifs is 4. The first-order valence-electron chi connectivity index (χ1n) is 10.3. The molecule has 1 aliphatic heterocycles. The highest BCUT2D eigenvalue weighted by Gasteiger charge is 2.21. The van der Waals surface area contributed by atoms with Gasteiger partial charge >= 0.3 is 0 Å². The number of rotatable bonds is 3. The van der Waals surface area contributed by atoms with E-state index in [-0.39, 0.29) is 17.2 Å². The Morgan fingerprint density at radius 3 is 2.81 bits per heavy atom. The number of likely N-dealkylation sites (tertiary alicyclic amines) is 1. The van der Waals surface area contributed by atoms with Crippen molar-refractivity contribution in [2.24, 2.45) is 4.99 Å². The van der Waals surface area contributed by atoms with Gasteiger partial charge in [-0.2, -0.15) is 0 Å². The lowest BCUT2D eigenvalue weighted by molar-refractivity contribution is 0.100. The molecular formula is C24H22N4O3. The molecule has 1 saturated heterocycles. The molecule has 5 rings (SSSR count). The number of pyridine rings is 1. The van der Waals surface area contributed by atoms with E-state index < -0.39 is 5.91 Å². The molecule has 31 heavy (non-hydrogen) atoms. The molecule has 4 aromatic rings. The van der Waals surface area contributed by atoms with Crippen LogP contribution in [0, 0.1) is 0 Å². The zero-order chi connectivity index (χ0) is 21.5. The van der Waals surface area contributed by atoms with Crippen LogP contribution in [0.15, 0.2) is 64.5 Å². The molecule has 156 valence electrons. The molecule has 1 fully saturated rings. The molecule has 7 heteroatoms. The number of carbonyl (C=O) groups excluding carboxylic acids is 1. The van der Waals surface area contributed by atoms with Crippen molar-refractivity contribution in [1.82, 2.24) is 14.3 Å². The van der Waals surface area contributed by atoms with Gasteiger partial charge in [-0.3, -0.25) is 18.9 Å². The topological polar surface area (TPSA) is 87.3 Å². The lowest BCUT2D eigenvalue weighted by atomic mass is 10.1. The average molecular weight is 414 g/mol. The van der Waals surface area contributed by atoms with Gasteiger partial charge in [0.15, 0.2) is 5.65 Å². The molecule has 1 aliphatic rings. The van der Waals surface area contributed by atoms with Crippen molar-refractivity contribution in [1.29, 1.82) is 0 Å². The second-order valence-electron chi connectivity index (χ2n) is 8.05. The Labute approximate surface area is 178 Å². The minimum Gasteiger partial charge on any atom is -0.392 e. The van der Waals surface area contributed by atoms with Crippen LogP contribution in [0.1, 0.15) is 23.7 Å². The van der Waals surface area contributed by atoms with E-state index in [1.165, 1.54) is 4.40 Å². The van der Waals surface area contributed by atoms with Crippen molar-refractivity contribution in [2.75, 3.05) is 19.6 Å². The summed E-state index contributed by atoms with van der Waals surface area (Å²) < 4.78 is 1.41. The van der Waals surface area contributed by atoms with Crippen molar-refractivity contribution < 1.29 is 9.90 Å². The first-order valence-corrected chi connectivity index (χ1v) is 10.3. The van der Waals surface area contributed by atoms with E-state index in [0.717, 1.165) is 23.7 Å². The van der Waals surface area contributed by atoms with Crippen LogP contribution in [-0.2, 0) is 0 Å². The van der Waals surface area contributed by atoms with E-state index >= 15 is 0 Å². The molecule has 0 saturated carbocycles. The van der Waals surface area contributed by atoms with Crippen molar-refractivity contribution in [3.05, 3.63) is 70.6 Å². The van der Waals surface area contributed by atoms with Gasteiger partial charge in [-0.25, -0.2) is 9.98 Å². The van der Waals surface area contributed by atoms with E-state index in [1.807, 2.05) is 30.3 Å². The largest absolute Gasteiger partial charge is 0.392 e. The Hall–Kier alpha value is -3.42. The Balaban J connectivity index is 1.62. The number of hydrogen-bond donors (Lipinski definition) is 1. The smallest absolute Gasteiger partial charge is 0.280 e. The first-order chi connectivity index (χ1) is 15.0. The van der Waals surface area contributed by atoms with Gasteiger partial charge in [0.2, 0.25) is 0 Å². The van der Waals surface area contributed by atoms with Crippen LogP contribution >= 0.6 is 0 Å². The maximum Gasteiger partial charge on any atom is 0.280 e. The Morgan fingerprint density at radius 1 is 1.16 bits per heavy atom. The summed E-state index contributed by atoms with van der Waals surface area (Å²) in [6, 6.07) is 14.7. The van der Waals surface area contributed by atoms with Crippen LogP contribution in [0.3, 0.4) is 0 Å². The number of aliphatic imine (C=N–C) groups is 1. The number of benzene rings is 2. The van der Waals surface area contributed by atoms with E-state index in [2.05, 4.69) is 9.89 Å². The molecule has 0 spiro atoms. The molecule has 2 aromatic heterocycles. The Bertz CT molecular complexity index is 1420. The predicted molar refractivity (Wildman–Crippen MR) is 121 cm³/mol. The number of aliphatic hydroxyl groups is 1. The van der Waals surface area contributed by atoms with E-state index in [1.54, 1.807) is 31.3 Å². The van der Waals surface area contributed by atoms with Gasteiger partial charge in [0.25, 0.3) is 11.5 Å². The van der Waals surface area contributed by atoms with E-state index in [9.17, 15) is 14.7 Å². The summed E-state index contributed by atoms with van der Waals surface area (Å²) in [5.41, 5.74) is 1.61. The third kappa shape index (κ3) is 3.52. The predicted octanol–water partition coefficient (Wildman–Crippen LogP) is 2.67. The Kier molecular flexibility index (Phi) is 4.84. The summed E-state index contributed by atoms with van der Waals surface area (Å²) >= 11 is 0. The zero-order valence-corrected chi connectivity index (χ0v) is 17.2. The molecule has 2 aromatic carbocycles. The third-order valence-electron chi connectivity index (χ3n) is 5.76. The average Bonchev–Trinajstić information content (AvgIpc) is 3.17. The molecule has 0 aliphatic carbocycles. The number of carbonyl (C=O) groups is 1. The lowest BCUT2D eigenvalue weighted by Crippen LogP contribution is -2.28. The quantitative estimate of drug-likeness (QED) is 0.316. The van der Waals surface area contributed by atoms with Gasteiger partial charge in [-0.05, 0) is 36.9 Å². The number of hydrogen-bond acceptors (Lipinski definition) is 5. The van der Waals surface area contributed by atoms with Crippen molar-refractivity contribution in [2.45, 2.75) is 19.4 Å². The van der Waals surface area contributed by atoms with Crippen molar-refractivity contribution in [3.8, 4) is 0 Å². The first kappa shape index (κ1) is 19.5. The van der Waals surface area contributed by atoms with Crippen LogP contribution in [0.5, 0.6) is 0 Å². The summed E-state index contributed by atoms with van der Waals surface area (Å²) in [5, 5.41) is 12.0. The van der Waals surface area contributed by atoms with Crippen molar-refractivity contribution >= 4 is 38.9 Å². The summed E-state index contributed by atoms with van der Waals surface area (Å²) in [7, 11) is 0. The van der Waals surface area contributed by atoms with Crippen LogP contribution in [0.2, 0.25) is 0 Å². The summed E-state index contributed by atoms with van der Waals surface area (Å²) in [4.78, 5) is 37.2. The molecule has 0 radical (unpaired) electrons. The highest BCUT2D eigenvalue weighted by molar-refractivity contribution is 6.09. The molecular weight excluding hydrogens is 392 g/mol. The van der Waals surface area contributed by atoms with Gasteiger partial charge in [0, 0.05) is 36.9 Å². The highest BCUT2D eigenvalue weighted by atomic mass is 16.3. The number of β-amino-alcohol motifs (C(OH)–C–C–N with tert-alkyl or cyclic N) is 1. The van der Waals surface area contributed by atoms with Crippen LogP contribution in [0.25, 0.3) is 27.3 Å². The molecule has 0 bridgehead atoms. The molecule has 1 N–H and O–H groups in total. The van der Waals surface area contributed by atoms with Gasteiger partial charge < -0.3 is 5.11 Å². The summed E-state index contributed by atoms with van der Waals surface area (Å²) in [6.45, 7) is 3.70. The third-order valence-corrected chi connectivity index (χ3v) is 5.76. The molecule has 1 atom stereocenters. The number of aromatic nitrogens is 2. The van der Waals surface area contributed by atoms with Crippen LogP contribution in [-0.4, -0.2) is 56.7 Å². The fraction of sp³-hybridized carbons (Fsp3) is 0.250. The molecule has 3 heterocycles. The minimum absolute atomic E-state index is 0.216. The second kappa shape index (κ2) is 7.68. The fourth-order valence-corrected chi connectivity index (χ4v) is 4.28. The maximum absolute atomic E-state index is 13.1. The SMILES string of the molecule is CC(CN1CC[C@H](O)C1)=NC(=O)c1cccn2c(=O)c3ccc4ccccc4c3nc12. The summed E-state index contributed by atoms with van der Waals surface area (Å²) in [6.07, 6.45) is 2.04. The van der Waals surface area contributed by atoms with Crippen LogP contribution in [0.4, 0.5) is 0 Å². The standard InChI is InChI=1S/C24H22N4O3/c1-15(13-27-12-10-17(29)14-27)25-23(30)20-7-4-11-28-22(20)26-21-18-6-3-2-5-16(18)8-9-19(21)24(28)31/h2-9,11,17,29H,10,12-14H2,1H3/t17-/m0/s1. The fourth-order valence-electron chi connectivity index (χ4n) is 4.28. The molecule has 1 amide bonds. The Morgan fingerprint density at radius 2 is 2.00 bits per heavy atom. The van der Waals surface area contributed by atoms with E-state index in [0.29, 0.717) is 35.4 Å². The molecule has 7 nitrogen and oxygen atoms in total. The molecule has 0 unspecified atom stereocenters. The highest BCUT2D eigenvalue weighted by Crippen LogP contribution is 2.23. The lowest BCUT2D eigenvalue weighted by Gasteiger charge is -2.14. The summed E-state index contributed by atoms with van der Waals surface area (Å²) in [5.74, 6) is -0.429. The maximum atomic E-state index is 13.1. The van der Waals surface area contributed by atoms with Gasteiger partial charge in [0.05, 0.1) is 22.6 Å². The normalized spacial score (nSPS) is 17.7. The van der Waals surface area contributed by atoms with Gasteiger partial charge in [0.1, 0.15) is 0 Å². The number of amides is 1. The minimum atomic E-state index is -0.429. The zero-order valence-electron chi connectivity index (χ0n) is 17.2. The van der Waals surface area contributed by atoms with Gasteiger partial charge in [-0.15, -0.1) is 0 Å². The second-order valence-corrected chi connectivity index (χ2v) is 8.05. The monoisotopic (exact) mass is 414 g/mol. The van der Waals surface area contributed by atoms with Crippen LogP contribution < -0.4 is 5.56 Å². The number of nitrogens with zero attached hydrogens (tertiary/aromatic N) is 4. The van der Waals surface area contributed by atoms with E-state index in [4.69, 9.17) is 4.98 Å².